The lowest BCUT2D eigenvalue weighted by atomic mass is 10.2. The maximum Gasteiger partial charge on any atom is 0.339 e. The molecule has 0 unspecified atom stereocenters. The minimum atomic E-state index is -0.897. The number of urea groups is 1. The van der Waals surface area contributed by atoms with Gasteiger partial charge in [0, 0.05) is 5.02 Å². The molecule has 1 aliphatic rings. The number of anilines is 1. The van der Waals surface area contributed by atoms with E-state index in [1.165, 1.54) is 0 Å². The fourth-order valence-electron chi connectivity index (χ4n) is 2.55. The first-order chi connectivity index (χ1) is 12.0. The van der Waals surface area contributed by atoms with Crippen LogP contribution in [0.5, 0.6) is 5.75 Å². The summed E-state index contributed by atoms with van der Waals surface area (Å²) in [6, 6.07) is 12.6. The number of imide groups is 2. The van der Waals surface area contributed by atoms with Crippen LogP contribution in [0, 0.1) is 0 Å². The zero-order valence-electron chi connectivity index (χ0n) is 13.4. The number of hydrogen-bond acceptors (Lipinski definition) is 4. The first-order valence-corrected chi connectivity index (χ1v) is 8.07. The van der Waals surface area contributed by atoms with Crippen LogP contribution >= 0.6 is 11.6 Å². The largest absolute Gasteiger partial charge is 0.492 e. The summed E-state index contributed by atoms with van der Waals surface area (Å²) in [5, 5.41) is 0.547. The Kier molecular flexibility index (Phi) is 4.72. The Hall–Kier alpha value is -2.86. The molecule has 0 atom stereocenters. The number of halogens is 1. The third-order valence-electron chi connectivity index (χ3n) is 3.71. The second kappa shape index (κ2) is 6.94. The highest BCUT2D eigenvalue weighted by atomic mass is 35.5. The normalized spacial score (nSPS) is 14.4. The number of ether oxygens (including phenoxy) is 1. The van der Waals surface area contributed by atoms with Gasteiger partial charge >= 0.3 is 17.8 Å². The summed E-state index contributed by atoms with van der Waals surface area (Å²) in [6.07, 6.45) is 0. The molecule has 1 heterocycles. The summed E-state index contributed by atoms with van der Waals surface area (Å²) in [5.41, 5.74) is 0.949. The van der Waals surface area contributed by atoms with E-state index in [9.17, 15) is 14.4 Å². The molecule has 0 radical (unpaired) electrons. The smallest absolute Gasteiger partial charge is 0.339 e. The van der Waals surface area contributed by atoms with Crippen molar-refractivity contribution >= 4 is 35.1 Å². The van der Waals surface area contributed by atoms with Crippen molar-refractivity contribution in [2.24, 2.45) is 0 Å². The molecule has 0 aliphatic carbocycles. The minimum Gasteiger partial charge on any atom is -0.492 e. The maximum atomic E-state index is 12.7. The Morgan fingerprint density at radius 2 is 1.64 bits per heavy atom. The topological polar surface area (TPSA) is 66.9 Å². The average Bonchev–Trinajstić information content (AvgIpc) is 2.81. The van der Waals surface area contributed by atoms with E-state index in [0.29, 0.717) is 22.9 Å². The van der Waals surface area contributed by atoms with Crippen LogP contribution in [0.15, 0.2) is 48.5 Å². The van der Waals surface area contributed by atoms with Gasteiger partial charge < -0.3 is 4.74 Å². The lowest BCUT2D eigenvalue weighted by Gasteiger charge is -2.18. The second-order valence-electron chi connectivity index (χ2n) is 5.34. The molecule has 2 aromatic carbocycles. The number of amides is 4. The molecule has 6 nitrogen and oxygen atoms in total. The Morgan fingerprint density at radius 3 is 2.32 bits per heavy atom. The van der Waals surface area contributed by atoms with Gasteiger partial charge in [-0.15, -0.1) is 0 Å². The number of nitrogens with zero attached hydrogens (tertiary/aromatic N) is 2. The molecule has 1 fully saturated rings. The number of hydrogen-bond donors (Lipinski definition) is 0. The van der Waals surface area contributed by atoms with E-state index in [2.05, 4.69) is 0 Å². The van der Waals surface area contributed by atoms with Crippen LogP contribution in [0.3, 0.4) is 0 Å². The molecule has 0 saturated carbocycles. The quantitative estimate of drug-likeness (QED) is 0.608. The maximum absolute atomic E-state index is 12.7. The van der Waals surface area contributed by atoms with Gasteiger partial charge in [0.25, 0.3) is 0 Å². The predicted molar refractivity (Wildman–Crippen MR) is 92.5 cm³/mol. The molecular formula is C18H15ClN2O4. The van der Waals surface area contributed by atoms with Crippen molar-refractivity contribution in [3.05, 3.63) is 59.1 Å². The van der Waals surface area contributed by atoms with Gasteiger partial charge in [0.05, 0.1) is 18.8 Å². The van der Waals surface area contributed by atoms with Crippen LogP contribution in [0.2, 0.25) is 5.02 Å². The Morgan fingerprint density at radius 1 is 0.960 bits per heavy atom. The van der Waals surface area contributed by atoms with E-state index in [4.69, 9.17) is 16.3 Å². The number of carbonyl (C=O) groups is 3. The molecular weight excluding hydrogens is 344 g/mol. The van der Waals surface area contributed by atoms with Crippen molar-refractivity contribution in [1.82, 2.24) is 4.90 Å². The lowest BCUT2D eigenvalue weighted by molar-refractivity contribution is -0.139. The van der Waals surface area contributed by atoms with Crippen LogP contribution in [0.25, 0.3) is 0 Å². The van der Waals surface area contributed by atoms with Crippen molar-refractivity contribution in [3.8, 4) is 5.75 Å². The van der Waals surface area contributed by atoms with Crippen molar-refractivity contribution in [3.63, 3.8) is 0 Å². The zero-order chi connectivity index (χ0) is 18.0. The molecule has 0 aromatic heterocycles. The predicted octanol–water partition coefficient (Wildman–Crippen LogP) is 3.23. The molecule has 1 aliphatic heterocycles. The second-order valence-corrected chi connectivity index (χ2v) is 5.78. The number of benzene rings is 2. The summed E-state index contributed by atoms with van der Waals surface area (Å²) in [7, 11) is 0. The number of para-hydroxylation sites is 2. The number of carbonyl (C=O) groups excluding carboxylic acids is 3. The van der Waals surface area contributed by atoms with Crippen LogP contribution in [-0.2, 0) is 16.1 Å². The summed E-state index contributed by atoms with van der Waals surface area (Å²) < 4.78 is 5.46. The molecule has 1 saturated heterocycles. The fourth-order valence-corrected chi connectivity index (χ4v) is 2.68. The molecule has 4 amide bonds. The van der Waals surface area contributed by atoms with Gasteiger partial charge in [-0.3, -0.25) is 14.5 Å². The SMILES string of the molecule is CCOc1ccccc1N1C(=O)C(=O)N(Cc2ccc(Cl)cc2)C1=O. The van der Waals surface area contributed by atoms with Crippen molar-refractivity contribution in [2.45, 2.75) is 13.5 Å². The van der Waals surface area contributed by atoms with Crippen molar-refractivity contribution < 1.29 is 19.1 Å². The highest BCUT2D eigenvalue weighted by Crippen LogP contribution is 2.32. The Balaban J connectivity index is 1.91. The van der Waals surface area contributed by atoms with E-state index in [-0.39, 0.29) is 12.2 Å². The van der Waals surface area contributed by atoms with Crippen molar-refractivity contribution in [1.29, 1.82) is 0 Å². The fraction of sp³-hybridized carbons (Fsp3) is 0.167. The first-order valence-electron chi connectivity index (χ1n) is 7.69. The lowest BCUT2D eigenvalue weighted by Crippen LogP contribution is -2.33. The third-order valence-corrected chi connectivity index (χ3v) is 3.97. The summed E-state index contributed by atoms with van der Waals surface area (Å²) in [4.78, 5) is 39.1. The van der Waals surface area contributed by atoms with E-state index in [1.54, 1.807) is 55.5 Å². The molecule has 128 valence electrons. The molecule has 2 aromatic rings. The van der Waals surface area contributed by atoms with E-state index in [0.717, 1.165) is 9.80 Å². The van der Waals surface area contributed by atoms with E-state index < -0.39 is 17.8 Å². The third kappa shape index (κ3) is 3.21. The van der Waals surface area contributed by atoms with Crippen LogP contribution in [0.1, 0.15) is 12.5 Å². The highest BCUT2D eigenvalue weighted by Gasteiger charge is 2.46. The molecule has 0 bridgehead atoms. The van der Waals surface area contributed by atoms with Gasteiger partial charge in [-0.25, -0.2) is 9.69 Å². The molecule has 7 heteroatoms. The average molecular weight is 359 g/mol. The minimum absolute atomic E-state index is 0.00607. The highest BCUT2D eigenvalue weighted by molar-refractivity contribution is 6.52. The Labute approximate surface area is 149 Å². The monoisotopic (exact) mass is 358 g/mol. The molecule has 3 rings (SSSR count). The standard InChI is InChI=1S/C18H15ClN2O4/c1-2-25-15-6-4-3-5-14(15)21-17(23)16(22)20(18(21)24)11-12-7-9-13(19)10-8-12/h3-10H,2,11H2,1H3. The molecule has 0 spiro atoms. The summed E-state index contributed by atoms with van der Waals surface area (Å²) in [5.74, 6) is -1.40. The van der Waals surface area contributed by atoms with Crippen LogP contribution < -0.4 is 9.64 Å². The first kappa shape index (κ1) is 17.0. The van der Waals surface area contributed by atoms with Gasteiger partial charge in [0.15, 0.2) is 0 Å². The summed E-state index contributed by atoms with van der Waals surface area (Å²) >= 11 is 5.84. The van der Waals surface area contributed by atoms with Gasteiger partial charge in [0.1, 0.15) is 5.75 Å². The zero-order valence-corrected chi connectivity index (χ0v) is 14.2. The van der Waals surface area contributed by atoms with Gasteiger partial charge in [0.2, 0.25) is 0 Å². The summed E-state index contributed by atoms with van der Waals surface area (Å²) in [6.45, 7) is 2.16. The number of rotatable bonds is 5. The van der Waals surface area contributed by atoms with Crippen LogP contribution in [0.4, 0.5) is 10.5 Å². The van der Waals surface area contributed by atoms with Crippen molar-refractivity contribution in [2.75, 3.05) is 11.5 Å². The van der Waals surface area contributed by atoms with Gasteiger partial charge in [-0.1, -0.05) is 35.9 Å². The van der Waals surface area contributed by atoms with E-state index in [1.807, 2.05) is 0 Å². The van der Waals surface area contributed by atoms with Crippen LogP contribution in [-0.4, -0.2) is 29.4 Å². The molecule has 0 N–H and O–H groups in total. The van der Waals surface area contributed by atoms with E-state index >= 15 is 0 Å². The van der Waals surface area contributed by atoms with Gasteiger partial charge in [-0.2, -0.15) is 0 Å². The Bertz CT molecular complexity index is 835. The molecule has 25 heavy (non-hydrogen) atoms. The van der Waals surface area contributed by atoms with Gasteiger partial charge in [-0.05, 0) is 36.8 Å².